The standard InChI is InChI=1S/C7H8NO2/c1-9-6-3-4-8-7(5-6)10-2/h3-4H,1-2H3. The molecule has 1 radical (unpaired) electrons. The minimum absolute atomic E-state index is 0.444. The van der Waals surface area contributed by atoms with Crippen LogP contribution in [0.1, 0.15) is 0 Å². The first-order valence-corrected chi connectivity index (χ1v) is 2.83. The van der Waals surface area contributed by atoms with Gasteiger partial charge in [0.2, 0.25) is 5.88 Å². The Balaban J connectivity index is 2.87. The zero-order valence-electron chi connectivity index (χ0n) is 5.92. The zero-order chi connectivity index (χ0) is 7.40. The quantitative estimate of drug-likeness (QED) is 0.608. The van der Waals surface area contributed by atoms with E-state index in [9.17, 15) is 0 Å². The Kier molecular flexibility index (Phi) is 2.10. The molecule has 0 aliphatic rings. The molecule has 0 fully saturated rings. The summed E-state index contributed by atoms with van der Waals surface area (Å²) < 4.78 is 9.69. The van der Waals surface area contributed by atoms with Crippen molar-refractivity contribution in [2.75, 3.05) is 14.2 Å². The largest absolute Gasteiger partial charge is 0.496 e. The highest BCUT2D eigenvalue weighted by Crippen LogP contribution is 2.13. The van der Waals surface area contributed by atoms with Gasteiger partial charge in [-0.3, -0.25) is 0 Å². The van der Waals surface area contributed by atoms with Gasteiger partial charge in [-0.15, -0.1) is 0 Å². The van der Waals surface area contributed by atoms with Crippen LogP contribution in [-0.2, 0) is 0 Å². The van der Waals surface area contributed by atoms with Gasteiger partial charge in [0.1, 0.15) is 5.75 Å². The number of pyridine rings is 1. The summed E-state index contributed by atoms with van der Waals surface area (Å²) in [4.78, 5) is 3.85. The molecule has 0 amide bonds. The van der Waals surface area contributed by atoms with Gasteiger partial charge in [-0.2, -0.15) is 0 Å². The van der Waals surface area contributed by atoms with Crippen molar-refractivity contribution in [3.05, 3.63) is 18.3 Å². The lowest BCUT2D eigenvalue weighted by molar-refractivity contribution is 0.380. The molecule has 0 saturated heterocycles. The SMILES string of the molecule is COc1[c]c(OC)ncc1. The fourth-order valence-electron chi connectivity index (χ4n) is 0.575. The van der Waals surface area contributed by atoms with Crippen LogP contribution in [0.5, 0.6) is 11.6 Å². The second-order valence-electron chi connectivity index (χ2n) is 1.65. The van der Waals surface area contributed by atoms with Crippen molar-refractivity contribution in [3.63, 3.8) is 0 Å². The van der Waals surface area contributed by atoms with E-state index in [1.807, 2.05) is 0 Å². The highest BCUT2D eigenvalue weighted by Gasteiger charge is 1.94. The van der Waals surface area contributed by atoms with E-state index in [0.29, 0.717) is 11.6 Å². The third-order valence-corrected chi connectivity index (χ3v) is 1.06. The minimum Gasteiger partial charge on any atom is -0.496 e. The van der Waals surface area contributed by atoms with Gasteiger partial charge in [0.15, 0.2) is 0 Å². The van der Waals surface area contributed by atoms with E-state index in [-0.39, 0.29) is 0 Å². The third kappa shape index (κ3) is 1.37. The first kappa shape index (κ1) is 6.86. The second kappa shape index (κ2) is 3.06. The van der Waals surface area contributed by atoms with Gasteiger partial charge in [0, 0.05) is 6.20 Å². The van der Waals surface area contributed by atoms with Gasteiger partial charge in [-0.1, -0.05) is 0 Å². The lowest BCUT2D eigenvalue weighted by atomic mass is 10.4. The van der Waals surface area contributed by atoms with Gasteiger partial charge < -0.3 is 9.47 Å². The average molecular weight is 138 g/mol. The molecule has 0 aromatic carbocycles. The molecule has 0 saturated carbocycles. The summed E-state index contributed by atoms with van der Waals surface area (Å²) in [5.74, 6) is 1.08. The fraction of sp³-hybridized carbons (Fsp3) is 0.286. The molecule has 53 valence electrons. The first-order valence-electron chi connectivity index (χ1n) is 2.83. The summed E-state index contributed by atoms with van der Waals surface area (Å²) in [7, 11) is 3.11. The molecule has 10 heavy (non-hydrogen) atoms. The van der Waals surface area contributed by atoms with E-state index in [2.05, 4.69) is 11.1 Å². The number of rotatable bonds is 2. The maximum atomic E-state index is 4.88. The van der Waals surface area contributed by atoms with E-state index in [4.69, 9.17) is 9.47 Å². The molecule has 0 N–H and O–H groups in total. The minimum atomic E-state index is 0.444. The van der Waals surface area contributed by atoms with Gasteiger partial charge in [0.25, 0.3) is 0 Å². The van der Waals surface area contributed by atoms with Crippen molar-refractivity contribution < 1.29 is 9.47 Å². The van der Waals surface area contributed by atoms with Gasteiger partial charge >= 0.3 is 0 Å². The number of nitrogens with zero attached hydrogens (tertiary/aromatic N) is 1. The topological polar surface area (TPSA) is 31.4 Å². The molecule has 3 heteroatoms. The number of hydrogen-bond acceptors (Lipinski definition) is 3. The van der Waals surface area contributed by atoms with Gasteiger partial charge in [-0.25, -0.2) is 4.98 Å². The lowest BCUT2D eigenvalue weighted by Crippen LogP contribution is -1.88. The van der Waals surface area contributed by atoms with Crippen LogP contribution in [0.25, 0.3) is 0 Å². The van der Waals surface area contributed by atoms with Crippen molar-refractivity contribution in [2.24, 2.45) is 0 Å². The van der Waals surface area contributed by atoms with Crippen LogP contribution in [0.15, 0.2) is 12.3 Å². The number of aromatic nitrogens is 1. The molecule has 1 heterocycles. The molecule has 0 spiro atoms. The Labute approximate surface area is 59.6 Å². The van der Waals surface area contributed by atoms with Crippen LogP contribution in [0.2, 0.25) is 0 Å². The van der Waals surface area contributed by atoms with Crippen LogP contribution in [-0.4, -0.2) is 19.2 Å². The van der Waals surface area contributed by atoms with E-state index in [1.54, 1.807) is 19.4 Å². The Morgan fingerprint density at radius 1 is 1.40 bits per heavy atom. The maximum Gasteiger partial charge on any atom is 0.225 e. The zero-order valence-corrected chi connectivity index (χ0v) is 5.92. The molecule has 1 aromatic rings. The fourth-order valence-corrected chi connectivity index (χ4v) is 0.575. The Hall–Kier alpha value is -1.25. The van der Waals surface area contributed by atoms with Crippen molar-refractivity contribution in [1.82, 2.24) is 4.98 Å². The smallest absolute Gasteiger partial charge is 0.225 e. The Morgan fingerprint density at radius 2 is 2.20 bits per heavy atom. The Bertz CT molecular complexity index is 193. The predicted octanol–water partition coefficient (Wildman–Crippen LogP) is 0.899. The molecule has 1 aromatic heterocycles. The molecule has 0 bridgehead atoms. The summed E-state index contributed by atoms with van der Waals surface area (Å²) in [6.45, 7) is 0. The number of ether oxygens (including phenoxy) is 2. The molecule has 0 unspecified atom stereocenters. The van der Waals surface area contributed by atoms with E-state index >= 15 is 0 Å². The molecule has 3 nitrogen and oxygen atoms in total. The Morgan fingerprint density at radius 3 is 2.80 bits per heavy atom. The highest BCUT2D eigenvalue weighted by molar-refractivity contribution is 5.23. The van der Waals surface area contributed by atoms with Crippen LogP contribution < -0.4 is 9.47 Å². The predicted molar refractivity (Wildman–Crippen MR) is 36.2 cm³/mol. The van der Waals surface area contributed by atoms with Crippen molar-refractivity contribution in [1.29, 1.82) is 0 Å². The molecular formula is C7H8NO2. The van der Waals surface area contributed by atoms with Crippen molar-refractivity contribution in [2.45, 2.75) is 0 Å². The third-order valence-electron chi connectivity index (χ3n) is 1.06. The van der Waals surface area contributed by atoms with E-state index < -0.39 is 0 Å². The second-order valence-corrected chi connectivity index (χ2v) is 1.65. The normalized spacial score (nSPS) is 9.00. The maximum absolute atomic E-state index is 4.88. The number of methoxy groups -OCH3 is 2. The molecule has 0 aliphatic heterocycles. The lowest BCUT2D eigenvalue weighted by Gasteiger charge is -1.99. The van der Waals surface area contributed by atoms with E-state index in [1.165, 1.54) is 7.11 Å². The van der Waals surface area contributed by atoms with Gasteiger partial charge in [-0.05, 0) is 6.07 Å². The molecule has 1 rings (SSSR count). The van der Waals surface area contributed by atoms with Crippen molar-refractivity contribution in [3.8, 4) is 11.6 Å². The number of hydrogen-bond donors (Lipinski definition) is 0. The summed E-state index contributed by atoms with van der Waals surface area (Å²) >= 11 is 0. The van der Waals surface area contributed by atoms with Crippen molar-refractivity contribution >= 4 is 0 Å². The highest BCUT2D eigenvalue weighted by atomic mass is 16.5. The van der Waals surface area contributed by atoms with E-state index in [0.717, 1.165) is 0 Å². The van der Waals surface area contributed by atoms with Crippen LogP contribution in [0, 0.1) is 6.07 Å². The van der Waals surface area contributed by atoms with Crippen LogP contribution in [0.3, 0.4) is 0 Å². The summed E-state index contributed by atoms with van der Waals surface area (Å²) in [5, 5.41) is 0. The first-order chi connectivity index (χ1) is 4.86. The molecular weight excluding hydrogens is 130 g/mol. The summed E-state index contributed by atoms with van der Waals surface area (Å²) in [5.41, 5.74) is 0. The average Bonchev–Trinajstić information content (AvgIpc) is 2.05. The monoisotopic (exact) mass is 138 g/mol. The van der Waals surface area contributed by atoms with Gasteiger partial charge in [0.05, 0.1) is 20.3 Å². The summed E-state index contributed by atoms with van der Waals surface area (Å²) in [6.07, 6.45) is 1.61. The molecule has 0 aliphatic carbocycles. The summed E-state index contributed by atoms with van der Waals surface area (Å²) in [6, 6.07) is 4.50. The molecule has 0 atom stereocenters. The van der Waals surface area contributed by atoms with Crippen LogP contribution >= 0.6 is 0 Å². The van der Waals surface area contributed by atoms with Crippen LogP contribution in [0.4, 0.5) is 0 Å².